The summed E-state index contributed by atoms with van der Waals surface area (Å²) < 4.78 is 5.79. The van der Waals surface area contributed by atoms with Gasteiger partial charge in [0.25, 0.3) is 0 Å². The second-order valence-corrected chi connectivity index (χ2v) is 6.32. The van der Waals surface area contributed by atoms with Gasteiger partial charge in [-0.05, 0) is 44.2 Å². The van der Waals surface area contributed by atoms with E-state index in [1.165, 1.54) is 12.0 Å². The van der Waals surface area contributed by atoms with Crippen LogP contribution in [0.1, 0.15) is 24.8 Å². The van der Waals surface area contributed by atoms with E-state index < -0.39 is 5.97 Å². The van der Waals surface area contributed by atoms with Gasteiger partial charge in [-0.25, -0.2) is 4.79 Å². The van der Waals surface area contributed by atoms with E-state index in [4.69, 9.17) is 9.84 Å². The summed E-state index contributed by atoms with van der Waals surface area (Å²) >= 11 is 0. The Morgan fingerprint density at radius 2 is 2.10 bits per heavy atom. The standard InChI is InChI=1S/C17H23NO3/c1-18-14-7-8-15(18)17(21-11-16(19)20)13(10-14)9-12-5-3-2-4-6-12/h2-6,13-15,17H,7-11H2,1H3,(H,19,20)/t13-,14-,15+,17+/m0/s1. The molecule has 1 N–H and O–H groups in total. The average Bonchev–Trinajstić information content (AvgIpc) is 2.71. The molecule has 0 saturated carbocycles. The lowest BCUT2D eigenvalue weighted by Crippen LogP contribution is -2.52. The molecule has 2 bridgehead atoms. The van der Waals surface area contributed by atoms with E-state index in [9.17, 15) is 4.79 Å². The lowest BCUT2D eigenvalue weighted by molar-refractivity contribution is -0.149. The van der Waals surface area contributed by atoms with Gasteiger partial charge in [0.15, 0.2) is 0 Å². The number of likely N-dealkylation sites (N-methyl/N-ethyl adjacent to an activating group) is 1. The zero-order valence-corrected chi connectivity index (χ0v) is 12.4. The molecule has 21 heavy (non-hydrogen) atoms. The number of nitrogens with zero attached hydrogens (tertiary/aromatic N) is 1. The Bertz CT molecular complexity index is 490. The van der Waals surface area contributed by atoms with Crippen molar-refractivity contribution in [3.63, 3.8) is 0 Å². The fraction of sp³-hybridized carbons (Fsp3) is 0.588. The Morgan fingerprint density at radius 1 is 1.33 bits per heavy atom. The van der Waals surface area contributed by atoms with Crippen molar-refractivity contribution in [1.29, 1.82) is 0 Å². The van der Waals surface area contributed by atoms with Crippen LogP contribution in [0.5, 0.6) is 0 Å². The molecule has 2 saturated heterocycles. The highest BCUT2D eigenvalue weighted by molar-refractivity contribution is 5.68. The lowest BCUT2D eigenvalue weighted by Gasteiger charge is -2.42. The SMILES string of the molecule is CN1[C@H]2CC[C@@H]1[C@H](OCC(=O)O)[C@@H](Cc1ccccc1)C2. The number of rotatable bonds is 5. The van der Waals surface area contributed by atoms with Crippen LogP contribution in [0.3, 0.4) is 0 Å². The van der Waals surface area contributed by atoms with Gasteiger partial charge in [-0.1, -0.05) is 30.3 Å². The van der Waals surface area contributed by atoms with Crippen molar-refractivity contribution in [2.45, 2.75) is 43.9 Å². The van der Waals surface area contributed by atoms with Gasteiger partial charge in [0.1, 0.15) is 6.61 Å². The molecule has 4 heteroatoms. The van der Waals surface area contributed by atoms with Crippen molar-refractivity contribution in [2.24, 2.45) is 5.92 Å². The summed E-state index contributed by atoms with van der Waals surface area (Å²) in [4.78, 5) is 13.3. The van der Waals surface area contributed by atoms with Gasteiger partial charge in [-0.2, -0.15) is 0 Å². The summed E-state index contributed by atoms with van der Waals surface area (Å²) in [5, 5.41) is 8.92. The number of carboxylic acids is 1. The zero-order chi connectivity index (χ0) is 14.8. The topological polar surface area (TPSA) is 49.8 Å². The Hall–Kier alpha value is -1.39. The van der Waals surface area contributed by atoms with Crippen molar-refractivity contribution in [3.8, 4) is 0 Å². The number of fused-ring (bicyclic) bond motifs is 2. The number of ether oxygens (including phenoxy) is 1. The van der Waals surface area contributed by atoms with Gasteiger partial charge in [0.2, 0.25) is 0 Å². The minimum absolute atomic E-state index is 0.0325. The highest BCUT2D eigenvalue weighted by atomic mass is 16.5. The quantitative estimate of drug-likeness (QED) is 0.902. The molecule has 1 aromatic carbocycles. The lowest BCUT2D eigenvalue weighted by atomic mass is 9.83. The maximum absolute atomic E-state index is 10.9. The van der Waals surface area contributed by atoms with Gasteiger partial charge >= 0.3 is 5.97 Å². The second-order valence-electron chi connectivity index (χ2n) is 6.32. The number of carbonyl (C=O) groups is 1. The average molecular weight is 289 g/mol. The van der Waals surface area contributed by atoms with Gasteiger partial charge in [-0.3, -0.25) is 4.90 Å². The van der Waals surface area contributed by atoms with Crippen molar-refractivity contribution in [2.75, 3.05) is 13.7 Å². The number of hydrogen-bond acceptors (Lipinski definition) is 3. The molecule has 0 radical (unpaired) electrons. The van der Waals surface area contributed by atoms with E-state index in [0.29, 0.717) is 18.0 Å². The molecule has 0 aliphatic carbocycles. The molecule has 4 atom stereocenters. The molecule has 1 aromatic rings. The predicted molar refractivity (Wildman–Crippen MR) is 80.2 cm³/mol. The van der Waals surface area contributed by atoms with E-state index >= 15 is 0 Å². The Kier molecular flexibility index (Phi) is 4.27. The molecule has 2 heterocycles. The van der Waals surface area contributed by atoms with Gasteiger partial charge in [0.05, 0.1) is 6.10 Å². The summed E-state index contributed by atoms with van der Waals surface area (Å²) in [6.07, 6.45) is 4.44. The van der Waals surface area contributed by atoms with Crippen LogP contribution in [0.25, 0.3) is 0 Å². The second kappa shape index (κ2) is 6.16. The Balaban J connectivity index is 1.74. The molecule has 2 fully saturated rings. The maximum Gasteiger partial charge on any atom is 0.329 e. The smallest absolute Gasteiger partial charge is 0.329 e. The Labute approximate surface area is 125 Å². The molecule has 0 spiro atoms. The number of aliphatic carboxylic acids is 1. The van der Waals surface area contributed by atoms with Gasteiger partial charge < -0.3 is 9.84 Å². The zero-order valence-electron chi connectivity index (χ0n) is 12.4. The molecule has 0 unspecified atom stereocenters. The van der Waals surface area contributed by atoms with Crippen LogP contribution in [0.2, 0.25) is 0 Å². The molecule has 3 rings (SSSR count). The summed E-state index contributed by atoms with van der Waals surface area (Å²) in [6.45, 7) is -0.190. The fourth-order valence-corrected chi connectivity index (χ4v) is 4.05. The third-order valence-corrected chi connectivity index (χ3v) is 5.05. The van der Waals surface area contributed by atoms with Crippen molar-refractivity contribution < 1.29 is 14.6 Å². The van der Waals surface area contributed by atoms with E-state index in [1.54, 1.807) is 0 Å². The monoisotopic (exact) mass is 289 g/mol. The first kappa shape index (κ1) is 14.5. The summed E-state index contributed by atoms with van der Waals surface area (Å²) in [7, 11) is 2.15. The fourth-order valence-electron chi connectivity index (χ4n) is 4.05. The van der Waals surface area contributed by atoms with Crippen LogP contribution in [-0.4, -0.2) is 47.8 Å². The highest BCUT2D eigenvalue weighted by Gasteiger charge is 2.46. The largest absolute Gasteiger partial charge is 0.480 e. The molecule has 2 aliphatic rings. The number of piperidine rings is 1. The molecule has 114 valence electrons. The van der Waals surface area contributed by atoms with Gasteiger partial charge in [-0.15, -0.1) is 0 Å². The van der Waals surface area contributed by atoms with Crippen molar-refractivity contribution >= 4 is 5.97 Å². The number of benzene rings is 1. The summed E-state index contributed by atoms with van der Waals surface area (Å²) in [5.41, 5.74) is 1.32. The highest BCUT2D eigenvalue weighted by Crippen LogP contribution is 2.40. The van der Waals surface area contributed by atoms with Crippen molar-refractivity contribution in [3.05, 3.63) is 35.9 Å². The van der Waals surface area contributed by atoms with E-state index in [0.717, 1.165) is 19.3 Å². The van der Waals surface area contributed by atoms with Crippen LogP contribution in [0.15, 0.2) is 30.3 Å². The first-order valence-corrected chi connectivity index (χ1v) is 7.74. The molecule has 0 amide bonds. The van der Waals surface area contributed by atoms with Crippen LogP contribution < -0.4 is 0 Å². The molecule has 4 nitrogen and oxygen atoms in total. The van der Waals surface area contributed by atoms with Crippen LogP contribution in [0.4, 0.5) is 0 Å². The molecule has 0 aromatic heterocycles. The van der Waals surface area contributed by atoms with Crippen LogP contribution in [-0.2, 0) is 16.0 Å². The summed E-state index contributed by atoms with van der Waals surface area (Å²) in [6, 6.07) is 11.5. The first-order chi connectivity index (χ1) is 10.1. The molecular weight excluding hydrogens is 266 g/mol. The van der Waals surface area contributed by atoms with E-state index in [2.05, 4.69) is 36.2 Å². The van der Waals surface area contributed by atoms with Gasteiger partial charge in [0, 0.05) is 12.1 Å². The third kappa shape index (κ3) is 3.11. The minimum atomic E-state index is -0.878. The Morgan fingerprint density at radius 3 is 2.81 bits per heavy atom. The van der Waals surface area contributed by atoms with Crippen molar-refractivity contribution in [1.82, 2.24) is 4.90 Å². The predicted octanol–water partition coefficient (Wildman–Crippen LogP) is 2.18. The normalized spacial score (nSPS) is 32.2. The first-order valence-electron chi connectivity index (χ1n) is 7.74. The molecule has 2 aliphatic heterocycles. The minimum Gasteiger partial charge on any atom is -0.480 e. The summed E-state index contributed by atoms with van der Waals surface area (Å²) in [5.74, 6) is -0.461. The van der Waals surface area contributed by atoms with E-state index in [-0.39, 0.29) is 12.7 Å². The van der Waals surface area contributed by atoms with Crippen LogP contribution in [0, 0.1) is 5.92 Å². The van der Waals surface area contributed by atoms with Crippen LogP contribution >= 0.6 is 0 Å². The number of hydrogen-bond donors (Lipinski definition) is 1. The number of carboxylic acid groups (broad SMARTS) is 1. The van der Waals surface area contributed by atoms with E-state index in [1.807, 2.05) is 6.07 Å². The molecular formula is C17H23NO3. The maximum atomic E-state index is 10.9. The third-order valence-electron chi connectivity index (χ3n) is 5.05.